The van der Waals surface area contributed by atoms with Gasteiger partial charge in [0.15, 0.2) is 0 Å². The van der Waals surface area contributed by atoms with Gasteiger partial charge in [-0.25, -0.2) is 4.79 Å². The first-order valence-corrected chi connectivity index (χ1v) is 5.51. The summed E-state index contributed by atoms with van der Waals surface area (Å²) >= 11 is 15.7. The van der Waals surface area contributed by atoms with E-state index in [4.69, 9.17) is 50.1 Å². The largest absolute Gasteiger partial charge is 0.463 e. The molecule has 0 heterocycles. The topological polar surface area (TPSA) is 87.0 Å². The zero-order valence-corrected chi connectivity index (χ0v) is 10.6. The van der Waals surface area contributed by atoms with Crippen LogP contribution in [0.5, 0.6) is 0 Å². The minimum absolute atomic E-state index is 0.0585. The molecule has 0 atom stereocenters. The summed E-state index contributed by atoms with van der Waals surface area (Å²) in [6, 6.07) is 0. The van der Waals surface area contributed by atoms with Gasteiger partial charge in [-0.3, -0.25) is 0 Å². The quantitative estimate of drug-likeness (QED) is 0.483. The van der Waals surface area contributed by atoms with Crippen molar-refractivity contribution in [1.29, 1.82) is 0 Å². The summed E-state index contributed by atoms with van der Waals surface area (Å²) in [7, 11) is 0. The van der Waals surface area contributed by atoms with E-state index in [9.17, 15) is 4.79 Å². The molecule has 0 bridgehead atoms. The lowest BCUT2D eigenvalue weighted by atomic mass is 9.88. The van der Waals surface area contributed by atoms with E-state index in [-0.39, 0.29) is 13.0 Å². The predicted molar refractivity (Wildman–Crippen MR) is 59.6 cm³/mol. The second kappa shape index (κ2) is 6.83. The summed E-state index contributed by atoms with van der Waals surface area (Å²) in [6.45, 7) is -1.49. The fourth-order valence-corrected chi connectivity index (χ4v) is 0.993. The second-order valence-electron chi connectivity index (χ2n) is 3.36. The molecule has 0 saturated carbocycles. The first-order chi connectivity index (χ1) is 7.31. The summed E-state index contributed by atoms with van der Waals surface area (Å²) in [5.41, 5.74) is -1.10. The van der Waals surface area contributed by atoms with Gasteiger partial charge in [0.25, 0.3) is 3.79 Å². The van der Waals surface area contributed by atoms with Crippen molar-refractivity contribution in [3.8, 4) is 0 Å². The van der Waals surface area contributed by atoms with E-state index < -0.39 is 35.0 Å². The Morgan fingerprint density at radius 2 is 1.50 bits per heavy atom. The Hall–Kier alpha value is 0.220. The molecule has 5 nitrogen and oxygen atoms in total. The second-order valence-corrected chi connectivity index (χ2v) is 5.64. The maximum atomic E-state index is 11.0. The van der Waals surface area contributed by atoms with E-state index in [1.165, 1.54) is 0 Å². The smallest absolute Gasteiger partial charge is 0.358 e. The van der Waals surface area contributed by atoms with Crippen LogP contribution in [0.2, 0.25) is 0 Å². The molecule has 0 aliphatic heterocycles. The number of ether oxygens (including phenoxy) is 1. The van der Waals surface area contributed by atoms with Crippen molar-refractivity contribution in [3.63, 3.8) is 0 Å². The monoisotopic (exact) mass is 294 g/mol. The normalized spacial score (nSPS) is 12.6. The van der Waals surface area contributed by atoms with E-state index in [1.54, 1.807) is 0 Å². The third-order valence-electron chi connectivity index (χ3n) is 2.10. The van der Waals surface area contributed by atoms with Crippen molar-refractivity contribution >= 4 is 40.8 Å². The number of alkyl halides is 3. The van der Waals surface area contributed by atoms with Crippen molar-refractivity contribution in [1.82, 2.24) is 0 Å². The van der Waals surface area contributed by atoms with Crippen LogP contribution in [0.15, 0.2) is 0 Å². The molecular formula is C8H13Cl3O5. The fraction of sp³-hybridized carbons (Fsp3) is 0.875. The van der Waals surface area contributed by atoms with Gasteiger partial charge in [0.05, 0.1) is 26.4 Å². The molecule has 0 saturated heterocycles. The number of carbonyl (C=O) groups excluding carboxylic acids is 1. The molecule has 0 aliphatic carbocycles. The third-order valence-corrected chi connectivity index (χ3v) is 2.57. The Balaban J connectivity index is 4.11. The molecule has 0 aliphatic rings. The van der Waals surface area contributed by atoms with Crippen molar-refractivity contribution in [2.75, 3.05) is 26.4 Å². The summed E-state index contributed by atoms with van der Waals surface area (Å²) < 4.78 is 2.45. The molecular weight excluding hydrogens is 282 g/mol. The number of hydrogen-bond acceptors (Lipinski definition) is 5. The first-order valence-electron chi connectivity index (χ1n) is 4.38. The van der Waals surface area contributed by atoms with Crippen LogP contribution < -0.4 is 0 Å². The highest BCUT2D eigenvalue weighted by molar-refractivity contribution is 6.75. The average molecular weight is 296 g/mol. The van der Waals surface area contributed by atoms with Crippen LogP contribution in [-0.2, 0) is 9.53 Å². The van der Waals surface area contributed by atoms with Gasteiger partial charge in [-0.15, -0.1) is 0 Å². The summed E-state index contributed by atoms with van der Waals surface area (Å²) in [6.07, 6.45) is 0.0585. The van der Waals surface area contributed by atoms with E-state index in [0.29, 0.717) is 0 Å². The molecule has 16 heavy (non-hydrogen) atoms. The van der Waals surface area contributed by atoms with Gasteiger partial charge in [0.2, 0.25) is 0 Å². The molecule has 0 radical (unpaired) electrons. The fourth-order valence-electron chi connectivity index (χ4n) is 0.829. The molecule has 0 fully saturated rings. The Morgan fingerprint density at radius 3 is 1.81 bits per heavy atom. The van der Waals surface area contributed by atoms with Crippen LogP contribution >= 0.6 is 34.8 Å². The zero-order chi connectivity index (χ0) is 12.8. The molecule has 0 aromatic rings. The number of halogens is 3. The number of carbonyl (C=O) groups is 1. The van der Waals surface area contributed by atoms with Crippen LogP contribution in [0, 0.1) is 5.41 Å². The Kier molecular flexibility index (Phi) is 6.93. The number of aliphatic hydroxyl groups excluding tert-OH is 3. The van der Waals surface area contributed by atoms with Crippen LogP contribution in [0.3, 0.4) is 0 Å². The molecule has 8 heteroatoms. The molecule has 0 rings (SSSR count). The lowest BCUT2D eigenvalue weighted by molar-refractivity contribution is -0.144. The van der Waals surface area contributed by atoms with Gasteiger partial charge in [-0.2, -0.15) is 0 Å². The molecule has 0 unspecified atom stereocenters. The highest BCUT2D eigenvalue weighted by atomic mass is 35.6. The van der Waals surface area contributed by atoms with Gasteiger partial charge < -0.3 is 20.1 Å². The van der Waals surface area contributed by atoms with Gasteiger partial charge in [0.1, 0.15) is 0 Å². The van der Waals surface area contributed by atoms with Crippen molar-refractivity contribution in [3.05, 3.63) is 0 Å². The minimum Gasteiger partial charge on any atom is -0.463 e. The highest BCUT2D eigenvalue weighted by Gasteiger charge is 2.34. The number of aliphatic hydroxyl groups is 3. The van der Waals surface area contributed by atoms with Crippen LogP contribution in [-0.4, -0.2) is 51.5 Å². The van der Waals surface area contributed by atoms with E-state index in [1.807, 2.05) is 0 Å². The Labute approximate surface area is 108 Å². The number of esters is 1. The van der Waals surface area contributed by atoms with Crippen LogP contribution in [0.4, 0.5) is 0 Å². The van der Waals surface area contributed by atoms with Crippen molar-refractivity contribution < 1.29 is 24.9 Å². The van der Waals surface area contributed by atoms with Crippen LogP contribution in [0.25, 0.3) is 0 Å². The molecule has 3 N–H and O–H groups in total. The first kappa shape index (κ1) is 16.2. The van der Waals surface area contributed by atoms with Gasteiger partial charge >= 0.3 is 5.97 Å². The van der Waals surface area contributed by atoms with E-state index >= 15 is 0 Å². The van der Waals surface area contributed by atoms with Crippen LogP contribution in [0.1, 0.15) is 6.42 Å². The Morgan fingerprint density at radius 1 is 1.06 bits per heavy atom. The van der Waals surface area contributed by atoms with Gasteiger partial charge in [0, 0.05) is 5.41 Å². The third kappa shape index (κ3) is 5.03. The molecule has 0 aromatic heterocycles. The number of hydrogen-bond donors (Lipinski definition) is 3. The molecule has 0 amide bonds. The zero-order valence-electron chi connectivity index (χ0n) is 8.33. The Bertz CT molecular complexity index is 216. The standard InChI is InChI=1S/C8H13Cl3O5/c9-8(10,11)6(15)16-2-1-7(3-12,4-13)5-14/h12-14H,1-5H2. The van der Waals surface area contributed by atoms with E-state index in [2.05, 4.69) is 4.74 Å². The molecule has 0 aromatic carbocycles. The lowest BCUT2D eigenvalue weighted by Gasteiger charge is -2.27. The minimum atomic E-state index is -2.15. The van der Waals surface area contributed by atoms with Gasteiger partial charge in [-0.05, 0) is 6.42 Å². The summed E-state index contributed by atoms with van der Waals surface area (Å²) in [5, 5.41) is 26.9. The molecule has 0 spiro atoms. The van der Waals surface area contributed by atoms with E-state index in [0.717, 1.165) is 0 Å². The lowest BCUT2D eigenvalue weighted by Crippen LogP contribution is -2.36. The van der Waals surface area contributed by atoms with Crippen molar-refractivity contribution in [2.24, 2.45) is 5.41 Å². The summed E-state index contributed by atoms with van der Waals surface area (Å²) in [4.78, 5) is 11.0. The number of rotatable bonds is 6. The summed E-state index contributed by atoms with van der Waals surface area (Å²) in [5.74, 6) is -1.04. The predicted octanol–water partition coefficient (Wildman–Crippen LogP) is 0.253. The SMILES string of the molecule is O=C(OCCC(CO)(CO)CO)C(Cl)(Cl)Cl. The molecule has 96 valence electrons. The highest BCUT2D eigenvalue weighted by Crippen LogP contribution is 2.28. The van der Waals surface area contributed by atoms with Crippen molar-refractivity contribution in [2.45, 2.75) is 10.2 Å². The average Bonchev–Trinajstić information content (AvgIpc) is 2.23. The maximum Gasteiger partial charge on any atom is 0.358 e. The maximum absolute atomic E-state index is 11.0. The van der Waals surface area contributed by atoms with Gasteiger partial charge in [-0.1, -0.05) is 34.8 Å².